The third-order valence-corrected chi connectivity index (χ3v) is 3.76. The van der Waals surface area contributed by atoms with Crippen LogP contribution in [0.4, 0.5) is 0 Å². The molecule has 0 aromatic heterocycles. The Kier molecular flexibility index (Phi) is 13.5. The number of aliphatic hydroxyl groups is 4. The molecule has 0 aromatic carbocycles. The van der Waals surface area contributed by atoms with Crippen LogP contribution in [0, 0.1) is 0 Å². The molecule has 0 aliphatic carbocycles. The van der Waals surface area contributed by atoms with E-state index in [0.717, 1.165) is 19.3 Å². The number of rotatable bonds is 14. The summed E-state index contributed by atoms with van der Waals surface area (Å²) in [6.45, 7) is 1.49. The predicted octanol–water partition coefficient (Wildman–Crippen LogP) is 0.662. The zero-order valence-electron chi connectivity index (χ0n) is 13.8. The zero-order valence-corrected chi connectivity index (χ0v) is 13.8. The molecule has 132 valence electrons. The monoisotopic (exact) mass is 319 g/mol. The summed E-state index contributed by atoms with van der Waals surface area (Å²) in [6, 6.07) is 0. The van der Waals surface area contributed by atoms with Crippen molar-refractivity contribution in [3.8, 4) is 0 Å². The lowest BCUT2D eigenvalue weighted by Gasteiger charge is -2.26. The van der Waals surface area contributed by atoms with Gasteiger partial charge < -0.3 is 25.3 Å². The van der Waals surface area contributed by atoms with Crippen LogP contribution in [0.3, 0.4) is 0 Å². The van der Waals surface area contributed by atoms with Gasteiger partial charge >= 0.3 is 0 Å². The fourth-order valence-corrected chi connectivity index (χ4v) is 2.30. The quantitative estimate of drug-likeness (QED) is 0.352. The highest BCUT2D eigenvalue weighted by atomic mass is 16.4. The highest BCUT2D eigenvalue weighted by Gasteiger charge is 2.21. The highest BCUT2D eigenvalue weighted by molar-refractivity contribution is 5.76. The number of hydrogen-bond acceptors (Lipinski definition) is 5. The van der Waals surface area contributed by atoms with Crippen molar-refractivity contribution < 1.29 is 25.2 Å². The zero-order chi connectivity index (χ0) is 16.8. The molecule has 0 spiro atoms. The summed E-state index contributed by atoms with van der Waals surface area (Å²) in [6.07, 6.45) is 5.76. The summed E-state index contributed by atoms with van der Waals surface area (Å²) < 4.78 is 0. The largest absolute Gasteiger partial charge is 0.395 e. The van der Waals surface area contributed by atoms with E-state index in [0.29, 0.717) is 6.42 Å². The van der Waals surface area contributed by atoms with Crippen LogP contribution in [-0.2, 0) is 4.79 Å². The van der Waals surface area contributed by atoms with Gasteiger partial charge in [0.25, 0.3) is 0 Å². The van der Waals surface area contributed by atoms with Gasteiger partial charge in [0.15, 0.2) is 0 Å². The van der Waals surface area contributed by atoms with Gasteiger partial charge in [-0.3, -0.25) is 4.79 Å². The van der Waals surface area contributed by atoms with Crippen molar-refractivity contribution >= 4 is 5.91 Å². The number of aliphatic hydroxyl groups excluding tert-OH is 4. The molecule has 2 atom stereocenters. The van der Waals surface area contributed by atoms with E-state index >= 15 is 0 Å². The standard InChI is InChI=1S/C16H33NO5/c1-2-3-4-5-6-7-8-9-16(22)17(10-11-18)12-14(20)15(21)13-19/h14-15,18-21H,2-13H2,1H3/t14-,15+/m1/s1. The van der Waals surface area contributed by atoms with Crippen molar-refractivity contribution in [1.29, 1.82) is 0 Å². The van der Waals surface area contributed by atoms with E-state index in [9.17, 15) is 15.0 Å². The molecule has 0 fully saturated rings. The van der Waals surface area contributed by atoms with Gasteiger partial charge in [-0.25, -0.2) is 0 Å². The molecule has 0 unspecified atom stereocenters. The van der Waals surface area contributed by atoms with Gasteiger partial charge in [0.2, 0.25) is 5.91 Å². The second kappa shape index (κ2) is 13.9. The number of nitrogens with zero attached hydrogens (tertiary/aromatic N) is 1. The van der Waals surface area contributed by atoms with Gasteiger partial charge in [0, 0.05) is 19.5 Å². The van der Waals surface area contributed by atoms with Crippen molar-refractivity contribution in [2.45, 2.75) is 70.5 Å². The summed E-state index contributed by atoms with van der Waals surface area (Å²) in [4.78, 5) is 13.4. The predicted molar refractivity (Wildman–Crippen MR) is 85.4 cm³/mol. The summed E-state index contributed by atoms with van der Waals surface area (Å²) in [7, 11) is 0. The minimum absolute atomic E-state index is 0.0718. The van der Waals surface area contributed by atoms with Crippen LogP contribution < -0.4 is 0 Å². The Balaban J connectivity index is 3.99. The van der Waals surface area contributed by atoms with Crippen LogP contribution in [0.5, 0.6) is 0 Å². The molecule has 0 aliphatic heterocycles. The summed E-state index contributed by atoms with van der Waals surface area (Å²) in [5, 5.41) is 36.8. The average molecular weight is 319 g/mol. The third-order valence-electron chi connectivity index (χ3n) is 3.76. The maximum absolute atomic E-state index is 12.1. The van der Waals surface area contributed by atoms with Crippen LogP contribution in [0.25, 0.3) is 0 Å². The summed E-state index contributed by atoms with van der Waals surface area (Å²) >= 11 is 0. The molecule has 0 bridgehead atoms. The normalized spacial score (nSPS) is 13.9. The Bertz CT molecular complexity index is 275. The first kappa shape index (κ1) is 21.3. The molecule has 0 heterocycles. The number of amides is 1. The van der Waals surface area contributed by atoms with Crippen LogP contribution in [0.2, 0.25) is 0 Å². The minimum atomic E-state index is -1.27. The number of unbranched alkanes of at least 4 members (excludes halogenated alkanes) is 6. The molecule has 0 radical (unpaired) electrons. The molecular formula is C16H33NO5. The molecule has 0 aliphatic rings. The molecule has 22 heavy (non-hydrogen) atoms. The van der Waals surface area contributed by atoms with Crippen molar-refractivity contribution in [2.75, 3.05) is 26.3 Å². The first-order valence-corrected chi connectivity index (χ1v) is 8.42. The van der Waals surface area contributed by atoms with Crippen LogP contribution in [0.1, 0.15) is 58.3 Å². The molecule has 0 saturated carbocycles. The van der Waals surface area contributed by atoms with Gasteiger partial charge in [-0.1, -0.05) is 45.4 Å². The molecule has 4 N–H and O–H groups in total. The van der Waals surface area contributed by atoms with E-state index in [1.165, 1.54) is 30.6 Å². The number of hydrogen-bond donors (Lipinski definition) is 4. The van der Waals surface area contributed by atoms with E-state index in [4.69, 9.17) is 10.2 Å². The lowest BCUT2D eigenvalue weighted by Crippen LogP contribution is -2.44. The Morgan fingerprint density at radius 3 is 2.09 bits per heavy atom. The molecule has 0 saturated heterocycles. The van der Waals surface area contributed by atoms with E-state index < -0.39 is 18.8 Å². The Hall–Kier alpha value is -0.690. The van der Waals surface area contributed by atoms with Gasteiger partial charge in [0.1, 0.15) is 6.10 Å². The number of carbonyl (C=O) groups excluding carboxylic acids is 1. The van der Waals surface area contributed by atoms with Gasteiger partial charge in [-0.2, -0.15) is 0 Å². The Morgan fingerprint density at radius 2 is 1.55 bits per heavy atom. The Labute approximate surface area is 133 Å². The van der Waals surface area contributed by atoms with Gasteiger partial charge in [-0.05, 0) is 6.42 Å². The first-order chi connectivity index (χ1) is 10.6. The lowest BCUT2D eigenvalue weighted by molar-refractivity contribution is -0.135. The maximum atomic E-state index is 12.1. The Morgan fingerprint density at radius 1 is 0.955 bits per heavy atom. The van der Waals surface area contributed by atoms with Crippen LogP contribution in [-0.4, -0.2) is 69.7 Å². The van der Waals surface area contributed by atoms with E-state index in [1.54, 1.807) is 0 Å². The second-order valence-electron chi connectivity index (χ2n) is 5.75. The molecule has 6 nitrogen and oxygen atoms in total. The van der Waals surface area contributed by atoms with Gasteiger partial charge in [0.05, 0.1) is 19.3 Å². The molecular weight excluding hydrogens is 286 g/mol. The summed E-state index contributed by atoms with van der Waals surface area (Å²) in [5.74, 6) is -0.133. The molecule has 1 amide bonds. The van der Waals surface area contributed by atoms with Crippen LogP contribution in [0.15, 0.2) is 0 Å². The number of carbonyl (C=O) groups is 1. The fraction of sp³-hybridized carbons (Fsp3) is 0.938. The third kappa shape index (κ3) is 10.1. The van der Waals surface area contributed by atoms with Crippen molar-refractivity contribution in [2.24, 2.45) is 0 Å². The second-order valence-corrected chi connectivity index (χ2v) is 5.75. The summed E-state index contributed by atoms with van der Waals surface area (Å²) in [5.41, 5.74) is 0. The average Bonchev–Trinajstić information content (AvgIpc) is 2.52. The van der Waals surface area contributed by atoms with Crippen molar-refractivity contribution in [3.05, 3.63) is 0 Å². The topological polar surface area (TPSA) is 101 Å². The first-order valence-electron chi connectivity index (χ1n) is 8.42. The SMILES string of the molecule is CCCCCCCCCC(=O)N(CCO)C[C@@H](O)[C@@H](O)CO. The van der Waals surface area contributed by atoms with Crippen molar-refractivity contribution in [1.82, 2.24) is 4.90 Å². The van der Waals surface area contributed by atoms with Crippen molar-refractivity contribution in [3.63, 3.8) is 0 Å². The highest BCUT2D eigenvalue weighted by Crippen LogP contribution is 2.10. The fourth-order valence-electron chi connectivity index (χ4n) is 2.30. The maximum Gasteiger partial charge on any atom is 0.222 e. The molecule has 0 rings (SSSR count). The van der Waals surface area contributed by atoms with E-state index in [-0.39, 0.29) is 25.6 Å². The lowest BCUT2D eigenvalue weighted by atomic mass is 10.1. The smallest absolute Gasteiger partial charge is 0.222 e. The van der Waals surface area contributed by atoms with E-state index in [1.807, 2.05) is 0 Å². The molecule has 0 aromatic rings. The minimum Gasteiger partial charge on any atom is -0.395 e. The van der Waals surface area contributed by atoms with E-state index in [2.05, 4.69) is 6.92 Å². The van der Waals surface area contributed by atoms with Crippen LogP contribution >= 0.6 is 0 Å². The molecule has 6 heteroatoms. The van der Waals surface area contributed by atoms with Gasteiger partial charge in [-0.15, -0.1) is 0 Å².